The number of sulfonamides is 1. The van der Waals surface area contributed by atoms with Crippen LogP contribution in [0.5, 0.6) is 0 Å². The molecular formula is C12H20N4O4S. The molecule has 2 aliphatic rings. The highest BCUT2D eigenvalue weighted by molar-refractivity contribution is 7.89. The van der Waals surface area contributed by atoms with E-state index in [-0.39, 0.29) is 30.0 Å². The summed E-state index contributed by atoms with van der Waals surface area (Å²) in [6.07, 6.45) is 1.77. The smallest absolute Gasteiger partial charge is 0.267 e. The molecule has 2 N–H and O–H groups in total. The number of hydrogen-bond donors (Lipinski definition) is 2. The molecule has 0 spiro atoms. The predicted molar refractivity (Wildman–Crippen MR) is 77.0 cm³/mol. The van der Waals surface area contributed by atoms with E-state index in [0.717, 1.165) is 0 Å². The van der Waals surface area contributed by atoms with Gasteiger partial charge in [-0.2, -0.15) is 5.10 Å². The Morgan fingerprint density at radius 3 is 2.57 bits per heavy atom. The molecule has 118 valence electrons. The standard InChI is InChI=1S/C12H20N4O4S/c1-2-21(19,20)16-7-5-9(6-8-16)13-12(18)10-3-4-11(17)15-14-10/h9H,2-8H2,1H3,(H,13,18)(H,15,17). The van der Waals surface area contributed by atoms with Crippen molar-refractivity contribution in [2.24, 2.45) is 5.10 Å². The first-order chi connectivity index (χ1) is 9.92. The molecule has 2 heterocycles. The maximum Gasteiger partial charge on any atom is 0.267 e. The lowest BCUT2D eigenvalue weighted by atomic mass is 10.1. The first-order valence-corrected chi connectivity index (χ1v) is 8.67. The van der Waals surface area contributed by atoms with E-state index < -0.39 is 10.0 Å². The van der Waals surface area contributed by atoms with E-state index in [1.807, 2.05) is 0 Å². The Morgan fingerprint density at radius 1 is 1.38 bits per heavy atom. The van der Waals surface area contributed by atoms with Crippen LogP contribution in [0.15, 0.2) is 5.10 Å². The lowest BCUT2D eigenvalue weighted by Gasteiger charge is -2.31. The van der Waals surface area contributed by atoms with E-state index in [4.69, 9.17) is 0 Å². The van der Waals surface area contributed by atoms with Gasteiger partial charge in [-0.25, -0.2) is 18.1 Å². The third-order valence-corrected chi connectivity index (χ3v) is 5.60. The van der Waals surface area contributed by atoms with Gasteiger partial charge in [0.1, 0.15) is 5.71 Å². The monoisotopic (exact) mass is 316 g/mol. The van der Waals surface area contributed by atoms with Crippen LogP contribution < -0.4 is 10.7 Å². The van der Waals surface area contributed by atoms with Crippen molar-refractivity contribution in [1.82, 2.24) is 15.0 Å². The first-order valence-electron chi connectivity index (χ1n) is 7.06. The van der Waals surface area contributed by atoms with Gasteiger partial charge in [0.2, 0.25) is 15.9 Å². The Kier molecular flexibility index (Phi) is 4.94. The van der Waals surface area contributed by atoms with Crippen molar-refractivity contribution in [3.05, 3.63) is 0 Å². The molecule has 0 aromatic rings. The van der Waals surface area contributed by atoms with Gasteiger partial charge in [0.05, 0.1) is 5.75 Å². The Labute approximate surface area is 124 Å². The second kappa shape index (κ2) is 6.52. The van der Waals surface area contributed by atoms with Crippen LogP contribution >= 0.6 is 0 Å². The highest BCUT2D eigenvalue weighted by atomic mass is 32.2. The molecule has 2 rings (SSSR count). The fourth-order valence-electron chi connectivity index (χ4n) is 2.37. The summed E-state index contributed by atoms with van der Waals surface area (Å²) in [6.45, 7) is 2.47. The zero-order valence-electron chi connectivity index (χ0n) is 12.0. The normalized spacial score (nSPS) is 21.6. The fourth-order valence-corrected chi connectivity index (χ4v) is 3.50. The maximum atomic E-state index is 12.0. The number of nitrogens with zero attached hydrogens (tertiary/aromatic N) is 2. The minimum Gasteiger partial charge on any atom is -0.348 e. The average molecular weight is 316 g/mol. The van der Waals surface area contributed by atoms with Gasteiger partial charge in [-0.3, -0.25) is 9.59 Å². The molecule has 21 heavy (non-hydrogen) atoms. The van der Waals surface area contributed by atoms with E-state index in [0.29, 0.717) is 38.1 Å². The quantitative estimate of drug-likeness (QED) is 0.706. The third-order valence-electron chi connectivity index (χ3n) is 3.71. The summed E-state index contributed by atoms with van der Waals surface area (Å²) in [7, 11) is -3.15. The number of rotatable bonds is 4. The zero-order chi connectivity index (χ0) is 15.5. The second-order valence-electron chi connectivity index (χ2n) is 5.14. The molecule has 0 aromatic heterocycles. The summed E-state index contributed by atoms with van der Waals surface area (Å²) < 4.78 is 24.9. The Balaban J connectivity index is 1.84. The SMILES string of the molecule is CCS(=O)(=O)N1CCC(NC(=O)C2=NNC(=O)CC2)CC1. The number of nitrogens with one attached hydrogen (secondary N) is 2. The van der Waals surface area contributed by atoms with Gasteiger partial charge >= 0.3 is 0 Å². The van der Waals surface area contributed by atoms with Gasteiger partial charge in [0, 0.05) is 32.0 Å². The maximum absolute atomic E-state index is 12.0. The molecule has 9 heteroatoms. The van der Waals surface area contributed by atoms with Gasteiger partial charge in [0.25, 0.3) is 5.91 Å². The fraction of sp³-hybridized carbons (Fsp3) is 0.750. The lowest BCUT2D eigenvalue weighted by molar-refractivity contribution is -0.121. The lowest BCUT2D eigenvalue weighted by Crippen LogP contribution is -2.49. The van der Waals surface area contributed by atoms with Crippen molar-refractivity contribution in [2.45, 2.75) is 38.6 Å². The van der Waals surface area contributed by atoms with Crippen molar-refractivity contribution in [3.63, 3.8) is 0 Å². The minimum atomic E-state index is -3.15. The van der Waals surface area contributed by atoms with Crippen LogP contribution in [0.25, 0.3) is 0 Å². The van der Waals surface area contributed by atoms with Crippen molar-refractivity contribution in [1.29, 1.82) is 0 Å². The molecule has 1 fully saturated rings. The van der Waals surface area contributed by atoms with Crippen LogP contribution in [0.3, 0.4) is 0 Å². The van der Waals surface area contributed by atoms with Crippen LogP contribution in [-0.4, -0.2) is 55.1 Å². The third kappa shape index (κ3) is 4.01. The number of carbonyl (C=O) groups is 2. The van der Waals surface area contributed by atoms with Crippen LogP contribution in [-0.2, 0) is 19.6 Å². The van der Waals surface area contributed by atoms with Gasteiger partial charge in [-0.1, -0.05) is 0 Å². The molecule has 2 amide bonds. The van der Waals surface area contributed by atoms with Crippen LogP contribution in [0.2, 0.25) is 0 Å². The minimum absolute atomic E-state index is 0.0545. The van der Waals surface area contributed by atoms with Crippen molar-refractivity contribution in [2.75, 3.05) is 18.8 Å². The van der Waals surface area contributed by atoms with Crippen LogP contribution in [0.1, 0.15) is 32.6 Å². The summed E-state index contributed by atoms with van der Waals surface area (Å²) in [5.74, 6) is -0.378. The van der Waals surface area contributed by atoms with Gasteiger partial charge < -0.3 is 5.32 Å². The summed E-state index contributed by atoms with van der Waals surface area (Å²) >= 11 is 0. The molecule has 0 aromatic carbocycles. The number of carbonyl (C=O) groups excluding carboxylic acids is 2. The highest BCUT2D eigenvalue weighted by Gasteiger charge is 2.28. The van der Waals surface area contributed by atoms with Crippen LogP contribution in [0.4, 0.5) is 0 Å². The van der Waals surface area contributed by atoms with Gasteiger partial charge in [-0.05, 0) is 19.8 Å². The van der Waals surface area contributed by atoms with E-state index in [9.17, 15) is 18.0 Å². The molecule has 0 radical (unpaired) electrons. The molecule has 0 bridgehead atoms. The summed E-state index contributed by atoms with van der Waals surface area (Å²) in [5, 5.41) is 6.59. The Bertz CT molecular complexity index is 550. The first kappa shape index (κ1) is 15.9. The van der Waals surface area contributed by atoms with Gasteiger partial charge in [0.15, 0.2) is 0 Å². The van der Waals surface area contributed by atoms with E-state index in [1.54, 1.807) is 6.92 Å². The molecule has 0 atom stereocenters. The predicted octanol–water partition coefficient (Wildman–Crippen LogP) is -0.817. The van der Waals surface area contributed by atoms with Crippen molar-refractivity contribution in [3.8, 4) is 0 Å². The van der Waals surface area contributed by atoms with Crippen LogP contribution in [0, 0.1) is 0 Å². The average Bonchev–Trinajstić information content (AvgIpc) is 2.48. The molecule has 0 aliphatic carbocycles. The molecular weight excluding hydrogens is 296 g/mol. The van der Waals surface area contributed by atoms with Crippen molar-refractivity contribution < 1.29 is 18.0 Å². The van der Waals surface area contributed by atoms with Crippen molar-refractivity contribution >= 4 is 27.5 Å². The molecule has 8 nitrogen and oxygen atoms in total. The molecule has 0 saturated carbocycles. The second-order valence-corrected chi connectivity index (χ2v) is 7.40. The van der Waals surface area contributed by atoms with Gasteiger partial charge in [-0.15, -0.1) is 0 Å². The summed E-state index contributed by atoms with van der Waals surface area (Å²) in [6, 6.07) is -0.0545. The van der Waals surface area contributed by atoms with E-state index in [2.05, 4.69) is 15.8 Å². The largest absolute Gasteiger partial charge is 0.348 e. The number of hydrazone groups is 1. The summed E-state index contributed by atoms with van der Waals surface area (Å²) in [5.41, 5.74) is 2.60. The zero-order valence-corrected chi connectivity index (χ0v) is 12.8. The Morgan fingerprint density at radius 2 is 2.05 bits per heavy atom. The molecule has 0 unspecified atom stereocenters. The number of piperidine rings is 1. The Hall–Kier alpha value is -1.48. The van der Waals surface area contributed by atoms with E-state index in [1.165, 1.54) is 4.31 Å². The number of hydrogen-bond acceptors (Lipinski definition) is 5. The van der Waals surface area contributed by atoms with E-state index >= 15 is 0 Å². The highest BCUT2D eigenvalue weighted by Crippen LogP contribution is 2.14. The molecule has 1 saturated heterocycles. The topological polar surface area (TPSA) is 108 Å². The number of amides is 2. The summed E-state index contributed by atoms with van der Waals surface area (Å²) in [4.78, 5) is 23.0. The molecule has 2 aliphatic heterocycles.